The van der Waals surface area contributed by atoms with Crippen molar-refractivity contribution in [3.8, 4) is 0 Å². The number of allylic oxidation sites excluding steroid dienone is 1. The van der Waals surface area contributed by atoms with Crippen molar-refractivity contribution < 1.29 is 9.53 Å². The zero-order valence-corrected chi connectivity index (χ0v) is 6.02. The first-order valence-corrected chi connectivity index (χ1v) is 3.16. The topological polar surface area (TPSA) is 26.3 Å². The Bertz CT molecular complexity index is 110. The van der Waals surface area contributed by atoms with Crippen molar-refractivity contribution in [3.63, 3.8) is 0 Å². The van der Waals surface area contributed by atoms with E-state index in [0.717, 1.165) is 12.8 Å². The Hall–Kier alpha value is -0.500. The van der Waals surface area contributed by atoms with Crippen molar-refractivity contribution in [1.29, 1.82) is 0 Å². The predicted octanol–water partition coefficient (Wildman–Crippen LogP) is 2.68. The van der Waals surface area contributed by atoms with Gasteiger partial charge in [-0.05, 0) is 12.5 Å². The maximum absolute atomic E-state index is 9.90. The van der Waals surface area contributed by atoms with E-state index < -0.39 is 5.43 Å². The summed E-state index contributed by atoms with van der Waals surface area (Å²) in [5.41, 5.74) is -0.789. The van der Waals surface area contributed by atoms with Gasteiger partial charge in [-0.25, -0.2) is 4.79 Å². The summed E-state index contributed by atoms with van der Waals surface area (Å²) in [5, 5.41) is 0. The molecule has 0 saturated carbocycles. The third-order valence-corrected chi connectivity index (χ3v) is 0.801. The molecular weight excluding hydrogens is 140 g/mol. The molecule has 0 atom stereocenters. The Labute approximate surface area is 59.5 Å². The zero-order chi connectivity index (χ0) is 7.11. The van der Waals surface area contributed by atoms with Crippen molar-refractivity contribution >= 4 is 17.0 Å². The van der Waals surface area contributed by atoms with Gasteiger partial charge in [0.05, 0.1) is 6.26 Å². The summed E-state index contributed by atoms with van der Waals surface area (Å²) in [7, 11) is 0. The molecule has 0 amide bonds. The van der Waals surface area contributed by atoms with Crippen LogP contribution in [-0.2, 0) is 4.74 Å². The fourth-order valence-electron chi connectivity index (χ4n) is 0.336. The number of hydrogen-bond acceptors (Lipinski definition) is 2. The number of carbonyl (C=O) groups is 1. The molecule has 0 aliphatic carbocycles. The lowest BCUT2D eigenvalue weighted by Crippen LogP contribution is -1.81. The zero-order valence-electron chi connectivity index (χ0n) is 5.26. The summed E-state index contributed by atoms with van der Waals surface area (Å²) in [5.74, 6) is 0. The molecule has 0 rings (SSSR count). The Morgan fingerprint density at radius 1 is 1.78 bits per heavy atom. The molecule has 0 unspecified atom stereocenters. The molecule has 0 radical (unpaired) electrons. The first kappa shape index (κ1) is 8.50. The van der Waals surface area contributed by atoms with E-state index in [4.69, 9.17) is 11.6 Å². The quantitative estimate of drug-likeness (QED) is 0.454. The molecule has 0 N–H and O–H groups in total. The largest absolute Gasteiger partial charge is 0.423 e. The summed E-state index contributed by atoms with van der Waals surface area (Å²) < 4.78 is 4.29. The highest BCUT2D eigenvalue weighted by Gasteiger charge is 1.86. The smallest absolute Gasteiger partial charge is 0.408 e. The van der Waals surface area contributed by atoms with Crippen LogP contribution in [0.15, 0.2) is 12.3 Å². The van der Waals surface area contributed by atoms with Gasteiger partial charge < -0.3 is 4.74 Å². The van der Waals surface area contributed by atoms with Gasteiger partial charge in [-0.1, -0.05) is 13.3 Å². The third-order valence-electron chi connectivity index (χ3n) is 0.712. The van der Waals surface area contributed by atoms with Crippen molar-refractivity contribution in [2.75, 3.05) is 0 Å². The standard InChI is InChI=1S/C6H9ClO2/c1-2-3-4-5-9-6(7)8/h4-5H,2-3H2,1H3. The number of ether oxygens (including phenoxy) is 1. The number of halogens is 1. The first-order chi connectivity index (χ1) is 4.27. The van der Waals surface area contributed by atoms with Crippen molar-refractivity contribution in [1.82, 2.24) is 0 Å². The second-order valence-corrected chi connectivity index (χ2v) is 1.82. The Kier molecular flexibility index (Phi) is 5.32. The minimum Gasteiger partial charge on any atom is -0.423 e. The van der Waals surface area contributed by atoms with Crippen LogP contribution in [-0.4, -0.2) is 5.43 Å². The van der Waals surface area contributed by atoms with Crippen molar-refractivity contribution in [2.24, 2.45) is 0 Å². The maximum Gasteiger partial charge on any atom is 0.408 e. The number of unbranched alkanes of at least 4 members (excludes halogenated alkanes) is 1. The predicted molar refractivity (Wildman–Crippen MR) is 36.4 cm³/mol. The highest BCUT2D eigenvalue weighted by Crippen LogP contribution is 1.91. The van der Waals surface area contributed by atoms with E-state index in [1.165, 1.54) is 6.26 Å². The summed E-state index contributed by atoms with van der Waals surface area (Å²) in [6.07, 6.45) is 5.00. The molecule has 2 nitrogen and oxygen atoms in total. The van der Waals surface area contributed by atoms with E-state index in [1.807, 2.05) is 6.92 Å². The Morgan fingerprint density at radius 2 is 2.44 bits per heavy atom. The van der Waals surface area contributed by atoms with Crippen LogP contribution >= 0.6 is 11.6 Å². The first-order valence-electron chi connectivity index (χ1n) is 2.78. The van der Waals surface area contributed by atoms with Crippen LogP contribution < -0.4 is 0 Å². The summed E-state index contributed by atoms with van der Waals surface area (Å²) in [6.45, 7) is 2.03. The third kappa shape index (κ3) is 7.50. The van der Waals surface area contributed by atoms with Gasteiger partial charge in [-0.2, -0.15) is 0 Å². The molecule has 0 aromatic carbocycles. The maximum atomic E-state index is 9.90. The van der Waals surface area contributed by atoms with Crippen LogP contribution in [0.1, 0.15) is 19.8 Å². The lowest BCUT2D eigenvalue weighted by atomic mass is 10.3. The Morgan fingerprint density at radius 3 is 2.89 bits per heavy atom. The second-order valence-electron chi connectivity index (χ2n) is 1.52. The van der Waals surface area contributed by atoms with Crippen molar-refractivity contribution in [2.45, 2.75) is 19.8 Å². The lowest BCUT2D eigenvalue weighted by Gasteiger charge is -1.86. The van der Waals surface area contributed by atoms with Crippen LogP contribution in [0.3, 0.4) is 0 Å². The van der Waals surface area contributed by atoms with Crippen LogP contribution in [0.5, 0.6) is 0 Å². The highest BCUT2D eigenvalue weighted by molar-refractivity contribution is 6.61. The molecule has 0 spiro atoms. The minimum atomic E-state index is -0.789. The number of carbonyl (C=O) groups excluding carboxylic acids is 1. The number of hydrogen-bond donors (Lipinski definition) is 0. The van der Waals surface area contributed by atoms with E-state index in [2.05, 4.69) is 4.74 Å². The summed E-state index contributed by atoms with van der Waals surface area (Å²) in [4.78, 5) is 9.90. The number of rotatable bonds is 3. The summed E-state index contributed by atoms with van der Waals surface area (Å²) in [6, 6.07) is 0. The summed E-state index contributed by atoms with van der Waals surface area (Å²) >= 11 is 4.84. The fourth-order valence-corrected chi connectivity index (χ4v) is 0.388. The van der Waals surface area contributed by atoms with Gasteiger partial charge in [0, 0.05) is 11.6 Å². The van der Waals surface area contributed by atoms with Gasteiger partial charge in [-0.3, -0.25) is 0 Å². The average Bonchev–Trinajstić information content (AvgIpc) is 1.80. The van der Waals surface area contributed by atoms with Gasteiger partial charge >= 0.3 is 5.43 Å². The molecule has 0 aromatic rings. The van der Waals surface area contributed by atoms with Crippen LogP contribution in [0.2, 0.25) is 0 Å². The highest BCUT2D eigenvalue weighted by atomic mass is 35.5. The van der Waals surface area contributed by atoms with E-state index >= 15 is 0 Å². The monoisotopic (exact) mass is 148 g/mol. The van der Waals surface area contributed by atoms with E-state index in [1.54, 1.807) is 6.08 Å². The molecule has 0 aromatic heterocycles. The Balaban J connectivity index is 3.14. The lowest BCUT2D eigenvalue weighted by molar-refractivity contribution is 0.212. The van der Waals surface area contributed by atoms with Crippen LogP contribution in [0, 0.1) is 0 Å². The SMILES string of the molecule is CCCC=COC(=O)Cl. The second kappa shape index (κ2) is 5.63. The van der Waals surface area contributed by atoms with Crippen LogP contribution in [0.25, 0.3) is 0 Å². The normalized spacial score (nSPS) is 10.0. The molecule has 0 saturated heterocycles. The van der Waals surface area contributed by atoms with Gasteiger partial charge in [-0.15, -0.1) is 0 Å². The van der Waals surface area contributed by atoms with E-state index in [-0.39, 0.29) is 0 Å². The van der Waals surface area contributed by atoms with Gasteiger partial charge in [0.25, 0.3) is 0 Å². The van der Waals surface area contributed by atoms with Crippen molar-refractivity contribution in [3.05, 3.63) is 12.3 Å². The molecule has 0 heterocycles. The molecule has 52 valence electrons. The van der Waals surface area contributed by atoms with Gasteiger partial charge in [0.15, 0.2) is 0 Å². The molecule has 0 aliphatic rings. The fraction of sp³-hybridized carbons (Fsp3) is 0.500. The molecular formula is C6H9ClO2. The van der Waals surface area contributed by atoms with E-state index in [9.17, 15) is 4.79 Å². The molecule has 0 aliphatic heterocycles. The van der Waals surface area contributed by atoms with E-state index in [0.29, 0.717) is 0 Å². The molecule has 3 heteroatoms. The van der Waals surface area contributed by atoms with Gasteiger partial charge in [0.1, 0.15) is 0 Å². The molecule has 0 fully saturated rings. The molecule has 9 heavy (non-hydrogen) atoms. The molecule has 0 bridgehead atoms. The van der Waals surface area contributed by atoms with Gasteiger partial charge in [0.2, 0.25) is 0 Å². The average molecular weight is 149 g/mol. The minimum absolute atomic E-state index is 0.789. The van der Waals surface area contributed by atoms with Crippen LogP contribution in [0.4, 0.5) is 4.79 Å².